The molecule has 0 fully saturated rings. The molecule has 9 heteroatoms. The normalized spacial score (nSPS) is 12.5. The van der Waals surface area contributed by atoms with E-state index < -0.39 is 14.3 Å². The summed E-state index contributed by atoms with van der Waals surface area (Å²) >= 11 is 1.14. The molecule has 7 nitrogen and oxygen atoms in total. The topological polar surface area (TPSA) is 86.5 Å². The monoisotopic (exact) mass is 419 g/mol. The van der Waals surface area contributed by atoms with Gasteiger partial charge in [0.2, 0.25) is 0 Å². The summed E-state index contributed by atoms with van der Waals surface area (Å²) in [6.45, 7) is 11.5. The molecule has 0 aliphatic heterocycles. The number of rotatable bonds is 5. The molecule has 0 bridgehead atoms. The second kappa shape index (κ2) is 7.30. The van der Waals surface area contributed by atoms with Crippen molar-refractivity contribution in [3.63, 3.8) is 0 Å². The van der Waals surface area contributed by atoms with Gasteiger partial charge in [0.25, 0.3) is 0 Å². The summed E-state index contributed by atoms with van der Waals surface area (Å²) in [6, 6.07) is 3.43. The van der Waals surface area contributed by atoms with E-state index in [1.54, 1.807) is 17.1 Å². The Labute approximate surface area is 169 Å². The van der Waals surface area contributed by atoms with E-state index in [1.165, 1.54) is 13.2 Å². The maximum absolute atomic E-state index is 11.7. The predicted molar refractivity (Wildman–Crippen MR) is 112 cm³/mol. The largest absolute Gasteiger partial charge is 0.506 e. The third-order valence-corrected chi connectivity index (χ3v) is 10.8. The summed E-state index contributed by atoms with van der Waals surface area (Å²) in [6.07, 6.45) is 3.39. The highest BCUT2D eigenvalue weighted by Crippen LogP contribution is 2.37. The number of hydrogen-bond acceptors (Lipinski definition) is 7. The van der Waals surface area contributed by atoms with Crippen LogP contribution in [-0.4, -0.2) is 41.0 Å². The van der Waals surface area contributed by atoms with Gasteiger partial charge >= 0.3 is 5.97 Å². The Bertz CT molecular complexity index is 1020. The molecule has 0 spiro atoms. The molecule has 0 atom stereocenters. The molecule has 1 N–H and O–H groups in total. The molecule has 150 valence electrons. The summed E-state index contributed by atoms with van der Waals surface area (Å²) in [5.41, 5.74) is 2.39. The molecular weight excluding hydrogens is 394 g/mol. The lowest BCUT2D eigenvalue weighted by atomic mass is 10.2. The highest BCUT2D eigenvalue weighted by atomic mass is 32.1. The number of imidazole rings is 1. The summed E-state index contributed by atoms with van der Waals surface area (Å²) in [5, 5.41) is 10.8. The van der Waals surface area contributed by atoms with Crippen molar-refractivity contribution in [1.29, 1.82) is 0 Å². The highest BCUT2D eigenvalue weighted by Gasteiger charge is 2.37. The quantitative estimate of drug-likeness (QED) is 0.484. The van der Waals surface area contributed by atoms with E-state index in [2.05, 4.69) is 43.8 Å². The summed E-state index contributed by atoms with van der Waals surface area (Å²) in [7, 11) is -0.573. The number of fused-ring (bicyclic) bond motifs is 1. The van der Waals surface area contributed by atoms with Crippen molar-refractivity contribution in [2.75, 3.05) is 7.11 Å². The first-order chi connectivity index (χ1) is 13.0. The Morgan fingerprint density at radius 1 is 1.29 bits per heavy atom. The van der Waals surface area contributed by atoms with Crippen LogP contribution in [0.25, 0.3) is 16.0 Å². The molecule has 3 heterocycles. The van der Waals surface area contributed by atoms with E-state index in [0.29, 0.717) is 11.6 Å². The lowest BCUT2D eigenvalue weighted by Gasteiger charge is -2.36. The number of pyridine rings is 1. The van der Waals surface area contributed by atoms with Gasteiger partial charge in [-0.05, 0) is 24.2 Å². The van der Waals surface area contributed by atoms with Crippen molar-refractivity contribution in [3.05, 3.63) is 35.2 Å². The van der Waals surface area contributed by atoms with Crippen molar-refractivity contribution >= 4 is 36.7 Å². The number of aromatic hydroxyl groups is 1. The number of esters is 1. The minimum absolute atomic E-state index is 0.110. The number of aromatic nitrogens is 3. The van der Waals surface area contributed by atoms with Gasteiger partial charge in [0.1, 0.15) is 17.1 Å². The van der Waals surface area contributed by atoms with E-state index in [0.717, 1.165) is 28.1 Å². The predicted octanol–water partition coefficient (Wildman–Crippen LogP) is 4.50. The third kappa shape index (κ3) is 3.82. The highest BCUT2D eigenvalue weighted by molar-refractivity contribution is 7.16. The third-order valence-electron chi connectivity index (χ3n) is 5.19. The molecule has 3 rings (SSSR count). The fourth-order valence-corrected chi connectivity index (χ4v) is 4.30. The average molecular weight is 420 g/mol. The first-order valence-electron chi connectivity index (χ1n) is 8.91. The van der Waals surface area contributed by atoms with Crippen LogP contribution in [0.5, 0.6) is 5.75 Å². The van der Waals surface area contributed by atoms with Crippen LogP contribution in [0.3, 0.4) is 0 Å². The van der Waals surface area contributed by atoms with Gasteiger partial charge in [-0.1, -0.05) is 20.8 Å². The van der Waals surface area contributed by atoms with Crippen LogP contribution in [0.4, 0.5) is 0 Å². The number of carbonyl (C=O) groups excluding carboxylic acids is 1. The first kappa shape index (κ1) is 20.5. The Kier molecular flexibility index (Phi) is 5.35. The lowest BCUT2D eigenvalue weighted by molar-refractivity contribution is 0.0603. The van der Waals surface area contributed by atoms with Gasteiger partial charge in [0.15, 0.2) is 13.2 Å². The van der Waals surface area contributed by atoms with Crippen molar-refractivity contribution < 1.29 is 19.1 Å². The van der Waals surface area contributed by atoms with Crippen LogP contribution in [0.15, 0.2) is 24.7 Å². The van der Waals surface area contributed by atoms with E-state index in [1.807, 2.05) is 6.07 Å². The van der Waals surface area contributed by atoms with Gasteiger partial charge in [-0.15, -0.1) is 11.3 Å². The van der Waals surface area contributed by atoms with Crippen LogP contribution < -0.4 is 0 Å². The second-order valence-electron chi connectivity index (χ2n) is 8.12. The van der Waals surface area contributed by atoms with Gasteiger partial charge in [-0.25, -0.2) is 9.78 Å². The molecule has 3 aromatic heterocycles. The fraction of sp³-hybridized carbons (Fsp3) is 0.421. The smallest absolute Gasteiger partial charge is 0.351 e. The number of ether oxygens (including phenoxy) is 1. The van der Waals surface area contributed by atoms with Crippen molar-refractivity contribution in [2.24, 2.45) is 0 Å². The zero-order valence-corrected chi connectivity index (χ0v) is 18.8. The molecule has 0 radical (unpaired) electrons. The van der Waals surface area contributed by atoms with Gasteiger partial charge in [-0.3, -0.25) is 9.55 Å². The minimum atomic E-state index is -1.86. The van der Waals surface area contributed by atoms with Crippen molar-refractivity contribution in [1.82, 2.24) is 14.5 Å². The fourth-order valence-electron chi connectivity index (χ4n) is 2.40. The molecule has 0 aromatic carbocycles. The minimum Gasteiger partial charge on any atom is -0.506 e. The van der Waals surface area contributed by atoms with Crippen LogP contribution in [-0.2, 0) is 15.8 Å². The first-order valence-corrected chi connectivity index (χ1v) is 12.6. The van der Waals surface area contributed by atoms with E-state index >= 15 is 0 Å². The second-order valence-corrected chi connectivity index (χ2v) is 14.0. The van der Waals surface area contributed by atoms with Crippen LogP contribution in [0, 0.1) is 0 Å². The van der Waals surface area contributed by atoms with E-state index in [9.17, 15) is 9.90 Å². The van der Waals surface area contributed by atoms with Gasteiger partial charge < -0.3 is 14.3 Å². The number of carbonyl (C=O) groups is 1. The van der Waals surface area contributed by atoms with Gasteiger partial charge in [-0.2, -0.15) is 0 Å². The van der Waals surface area contributed by atoms with Crippen LogP contribution in [0.1, 0.15) is 36.1 Å². The molecule has 0 unspecified atom stereocenters. The Balaban J connectivity index is 1.86. The number of hydrogen-bond donors (Lipinski definition) is 1. The van der Waals surface area contributed by atoms with Crippen molar-refractivity contribution in [2.45, 2.75) is 45.5 Å². The molecule has 0 aliphatic rings. The number of methoxy groups -OCH3 is 1. The van der Waals surface area contributed by atoms with Crippen LogP contribution >= 0.6 is 11.3 Å². The summed E-state index contributed by atoms with van der Waals surface area (Å²) in [5.74, 6) is -0.678. The zero-order valence-electron chi connectivity index (χ0n) is 16.9. The molecule has 28 heavy (non-hydrogen) atoms. The Morgan fingerprint density at radius 3 is 2.64 bits per heavy atom. The van der Waals surface area contributed by atoms with Gasteiger partial charge in [0, 0.05) is 6.07 Å². The lowest BCUT2D eigenvalue weighted by Crippen LogP contribution is -2.40. The number of thiophene rings is 1. The van der Waals surface area contributed by atoms with Gasteiger partial charge in [0.05, 0.1) is 36.6 Å². The summed E-state index contributed by atoms with van der Waals surface area (Å²) in [4.78, 5) is 20.8. The maximum Gasteiger partial charge on any atom is 0.351 e. The van der Waals surface area contributed by atoms with Crippen LogP contribution in [0.2, 0.25) is 18.1 Å². The molecule has 0 amide bonds. The molecular formula is C19H25N3O4SSi. The average Bonchev–Trinajstić information content (AvgIpc) is 3.21. The molecule has 0 aliphatic carbocycles. The Hall–Kier alpha value is -2.23. The van der Waals surface area contributed by atoms with E-state index in [4.69, 9.17) is 9.16 Å². The van der Waals surface area contributed by atoms with Crippen molar-refractivity contribution in [3.8, 4) is 10.8 Å². The molecule has 0 saturated carbocycles. The number of nitrogens with zero attached hydrogens (tertiary/aromatic N) is 3. The van der Waals surface area contributed by atoms with E-state index in [-0.39, 0.29) is 15.7 Å². The standard InChI is InChI=1S/C19H25N3O4SSi/c1-19(2,3)28(5,6)26-10-12-7-13-14(9-20-12)22(11-21-13)16-8-15(23)17(27-16)18(24)25-4/h7-9,11,23H,10H2,1-6H3. The summed E-state index contributed by atoms with van der Waals surface area (Å²) < 4.78 is 12.7. The zero-order chi connectivity index (χ0) is 20.7. The molecule has 3 aromatic rings. The maximum atomic E-state index is 11.7. The Morgan fingerprint density at radius 2 is 2.00 bits per heavy atom. The molecule has 0 saturated heterocycles. The SMILES string of the molecule is COC(=O)c1sc(-n2cnc3cc(CO[Si](C)(C)C(C)(C)C)ncc32)cc1O.